The second-order valence-corrected chi connectivity index (χ2v) is 4.98. The standard InChI is InChI=1S/C14H18N4/c1-11-3-2-4-12(7-11)9-18-14(16-10-17-18)8-15-13-5-6-13/h2-4,7,10,13,15H,5-6,8-9H2,1H3. The summed E-state index contributed by atoms with van der Waals surface area (Å²) < 4.78 is 1.98. The number of aryl methyl sites for hydroxylation is 1. The van der Waals surface area contributed by atoms with Crippen molar-refractivity contribution in [2.24, 2.45) is 0 Å². The Hall–Kier alpha value is -1.68. The van der Waals surface area contributed by atoms with Gasteiger partial charge in [0.1, 0.15) is 12.2 Å². The van der Waals surface area contributed by atoms with Crippen LogP contribution in [0.25, 0.3) is 0 Å². The van der Waals surface area contributed by atoms with E-state index in [1.54, 1.807) is 6.33 Å². The minimum Gasteiger partial charge on any atom is -0.307 e. The van der Waals surface area contributed by atoms with Crippen molar-refractivity contribution < 1.29 is 0 Å². The molecule has 0 radical (unpaired) electrons. The fraction of sp³-hybridized carbons (Fsp3) is 0.429. The van der Waals surface area contributed by atoms with Crippen LogP contribution in [-0.4, -0.2) is 20.8 Å². The Kier molecular flexibility index (Phi) is 3.11. The van der Waals surface area contributed by atoms with E-state index < -0.39 is 0 Å². The molecular weight excluding hydrogens is 224 g/mol. The van der Waals surface area contributed by atoms with Crippen LogP contribution in [0.15, 0.2) is 30.6 Å². The van der Waals surface area contributed by atoms with E-state index in [2.05, 4.69) is 46.6 Å². The molecule has 2 aromatic rings. The minimum atomic E-state index is 0.703. The number of rotatable bonds is 5. The molecule has 1 aromatic heterocycles. The first-order valence-corrected chi connectivity index (χ1v) is 6.47. The maximum atomic E-state index is 4.32. The molecule has 1 aliphatic carbocycles. The van der Waals surface area contributed by atoms with Gasteiger partial charge in [0.05, 0.1) is 13.1 Å². The van der Waals surface area contributed by atoms with Crippen molar-refractivity contribution in [2.45, 2.75) is 38.9 Å². The zero-order valence-corrected chi connectivity index (χ0v) is 10.6. The molecule has 0 bridgehead atoms. The maximum absolute atomic E-state index is 4.32. The molecule has 94 valence electrons. The highest BCUT2D eigenvalue weighted by Crippen LogP contribution is 2.19. The van der Waals surface area contributed by atoms with Gasteiger partial charge in [-0.05, 0) is 25.3 Å². The molecule has 0 aliphatic heterocycles. The van der Waals surface area contributed by atoms with Crippen molar-refractivity contribution in [2.75, 3.05) is 0 Å². The van der Waals surface area contributed by atoms with Gasteiger partial charge in [0.2, 0.25) is 0 Å². The van der Waals surface area contributed by atoms with Crippen LogP contribution in [0.2, 0.25) is 0 Å². The molecule has 0 unspecified atom stereocenters. The van der Waals surface area contributed by atoms with Crippen molar-refractivity contribution in [3.8, 4) is 0 Å². The Morgan fingerprint density at radius 1 is 1.39 bits per heavy atom. The van der Waals surface area contributed by atoms with E-state index >= 15 is 0 Å². The van der Waals surface area contributed by atoms with E-state index in [4.69, 9.17) is 0 Å². The molecule has 1 N–H and O–H groups in total. The molecule has 0 amide bonds. The summed E-state index contributed by atoms with van der Waals surface area (Å²) in [7, 11) is 0. The van der Waals surface area contributed by atoms with E-state index in [1.807, 2.05) is 4.68 Å². The molecule has 1 saturated carbocycles. The average Bonchev–Trinajstić information content (AvgIpc) is 3.08. The Morgan fingerprint density at radius 2 is 2.28 bits per heavy atom. The molecular formula is C14H18N4. The van der Waals surface area contributed by atoms with Gasteiger partial charge in [-0.15, -0.1) is 0 Å². The lowest BCUT2D eigenvalue weighted by atomic mass is 10.1. The predicted molar refractivity (Wildman–Crippen MR) is 70.2 cm³/mol. The summed E-state index contributed by atoms with van der Waals surface area (Å²) in [6, 6.07) is 9.23. The largest absolute Gasteiger partial charge is 0.307 e. The zero-order chi connectivity index (χ0) is 12.4. The Bertz CT molecular complexity index is 528. The molecule has 0 spiro atoms. The van der Waals surface area contributed by atoms with E-state index in [-0.39, 0.29) is 0 Å². The van der Waals surface area contributed by atoms with Crippen LogP contribution >= 0.6 is 0 Å². The van der Waals surface area contributed by atoms with E-state index in [9.17, 15) is 0 Å². The van der Waals surface area contributed by atoms with Crippen LogP contribution in [0.4, 0.5) is 0 Å². The second-order valence-electron chi connectivity index (χ2n) is 4.98. The summed E-state index contributed by atoms with van der Waals surface area (Å²) in [5.74, 6) is 1.02. The zero-order valence-electron chi connectivity index (χ0n) is 10.6. The fourth-order valence-corrected chi connectivity index (χ4v) is 2.06. The molecule has 4 heteroatoms. The van der Waals surface area contributed by atoms with Crippen molar-refractivity contribution in [3.05, 3.63) is 47.5 Å². The molecule has 1 aromatic carbocycles. The van der Waals surface area contributed by atoms with Gasteiger partial charge in [-0.1, -0.05) is 29.8 Å². The normalized spacial score (nSPS) is 14.9. The summed E-state index contributed by atoms with van der Waals surface area (Å²) in [6.07, 6.45) is 4.23. The number of aromatic nitrogens is 3. The van der Waals surface area contributed by atoms with Gasteiger partial charge in [0, 0.05) is 6.04 Å². The number of benzene rings is 1. The Labute approximate surface area is 107 Å². The minimum absolute atomic E-state index is 0.703. The molecule has 1 fully saturated rings. The smallest absolute Gasteiger partial charge is 0.141 e. The monoisotopic (exact) mass is 242 g/mol. The first-order valence-electron chi connectivity index (χ1n) is 6.47. The van der Waals surface area contributed by atoms with E-state index in [1.165, 1.54) is 24.0 Å². The third-order valence-electron chi connectivity index (χ3n) is 3.24. The van der Waals surface area contributed by atoms with Crippen molar-refractivity contribution in [1.82, 2.24) is 20.1 Å². The lowest BCUT2D eigenvalue weighted by molar-refractivity contribution is 0.583. The molecule has 0 atom stereocenters. The first kappa shape index (κ1) is 11.4. The van der Waals surface area contributed by atoms with E-state index in [0.717, 1.165) is 18.9 Å². The molecule has 0 saturated heterocycles. The maximum Gasteiger partial charge on any atom is 0.141 e. The Balaban J connectivity index is 1.69. The van der Waals surface area contributed by atoms with Gasteiger partial charge in [0.15, 0.2) is 0 Å². The lowest BCUT2D eigenvalue weighted by Gasteiger charge is -2.07. The SMILES string of the molecule is Cc1cccc(Cn2ncnc2CNC2CC2)c1. The van der Waals surface area contributed by atoms with Gasteiger partial charge in [0.25, 0.3) is 0 Å². The summed E-state index contributed by atoms with van der Waals surface area (Å²) >= 11 is 0. The quantitative estimate of drug-likeness (QED) is 0.870. The highest BCUT2D eigenvalue weighted by atomic mass is 15.3. The van der Waals surface area contributed by atoms with Crippen LogP contribution in [0.3, 0.4) is 0 Å². The molecule has 4 nitrogen and oxygen atoms in total. The van der Waals surface area contributed by atoms with Crippen molar-refractivity contribution in [3.63, 3.8) is 0 Å². The highest BCUT2D eigenvalue weighted by Gasteiger charge is 2.20. The number of hydrogen-bond donors (Lipinski definition) is 1. The van der Waals surface area contributed by atoms with Crippen LogP contribution in [-0.2, 0) is 13.1 Å². The fourth-order valence-electron chi connectivity index (χ4n) is 2.06. The van der Waals surface area contributed by atoms with Gasteiger partial charge < -0.3 is 5.32 Å². The third kappa shape index (κ3) is 2.76. The van der Waals surface area contributed by atoms with Crippen LogP contribution in [0.1, 0.15) is 29.8 Å². The van der Waals surface area contributed by atoms with Gasteiger partial charge in [-0.25, -0.2) is 9.67 Å². The Morgan fingerprint density at radius 3 is 3.06 bits per heavy atom. The topological polar surface area (TPSA) is 42.7 Å². The second kappa shape index (κ2) is 4.90. The van der Waals surface area contributed by atoms with Gasteiger partial charge >= 0.3 is 0 Å². The summed E-state index contributed by atoms with van der Waals surface area (Å²) in [5.41, 5.74) is 2.55. The first-order chi connectivity index (χ1) is 8.81. The number of nitrogens with one attached hydrogen (secondary N) is 1. The van der Waals surface area contributed by atoms with Gasteiger partial charge in [-0.2, -0.15) is 5.10 Å². The molecule has 18 heavy (non-hydrogen) atoms. The van der Waals surface area contributed by atoms with Gasteiger partial charge in [-0.3, -0.25) is 0 Å². The third-order valence-corrected chi connectivity index (χ3v) is 3.24. The number of nitrogens with zero attached hydrogens (tertiary/aromatic N) is 3. The summed E-state index contributed by atoms with van der Waals surface area (Å²) in [6.45, 7) is 3.72. The molecule has 1 heterocycles. The van der Waals surface area contributed by atoms with E-state index in [0.29, 0.717) is 6.04 Å². The van der Waals surface area contributed by atoms with Crippen molar-refractivity contribution in [1.29, 1.82) is 0 Å². The average molecular weight is 242 g/mol. The lowest BCUT2D eigenvalue weighted by Crippen LogP contribution is -2.19. The van der Waals surface area contributed by atoms with Crippen molar-refractivity contribution >= 4 is 0 Å². The van der Waals surface area contributed by atoms with Crippen LogP contribution in [0, 0.1) is 6.92 Å². The summed E-state index contributed by atoms with van der Waals surface area (Å²) in [4.78, 5) is 4.32. The van der Waals surface area contributed by atoms with Crippen LogP contribution < -0.4 is 5.32 Å². The number of hydrogen-bond acceptors (Lipinski definition) is 3. The molecule has 1 aliphatic rings. The summed E-state index contributed by atoms with van der Waals surface area (Å²) in [5, 5.41) is 7.78. The highest BCUT2D eigenvalue weighted by molar-refractivity contribution is 5.22. The molecule has 3 rings (SSSR count). The van der Waals surface area contributed by atoms with Crippen LogP contribution in [0.5, 0.6) is 0 Å². The predicted octanol–water partition coefficient (Wildman–Crippen LogP) is 1.89.